The zero-order chi connectivity index (χ0) is 17.0. The second-order valence-electron chi connectivity index (χ2n) is 4.75. The lowest BCUT2D eigenvalue weighted by atomic mass is 10.2. The van der Waals surface area contributed by atoms with Crippen LogP contribution in [0.3, 0.4) is 0 Å². The van der Waals surface area contributed by atoms with Gasteiger partial charge in [-0.1, -0.05) is 18.2 Å². The molecule has 0 fully saturated rings. The molecule has 0 unspecified atom stereocenters. The van der Waals surface area contributed by atoms with Crippen molar-refractivity contribution in [2.75, 3.05) is 23.8 Å². The summed E-state index contributed by atoms with van der Waals surface area (Å²) in [5, 5.41) is 13.2. The smallest absolute Gasteiger partial charge is 0.292 e. The number of carbonyl (C=O) groups is 1. The topological polar surface area (TPSA) is 75.5 Å². The van der Waals surface area contributed by atoms with Crippen LogP contribution in [0, 0.1) is 21.7 Å². The molecule has 0 spiro atoms. The highest BCUT2D eigenvalue weighted by Crippen LogP contribution is 2.24. The Kier molecular flexibility index (Phi) is 4.85. The van der Waals surface area contributed by atoms with Gasteiger partial charge < -0.3 is 10.2 Å². The van der Waals surface area contributed by atoms with Crippen LogP contribution >= 0.6 is 0 Å². The van der Waals surface area contributed by atoms with Crippen molar-refractivity contribution in [3.63, 3.8) is 0 Å². The van der Waals surface area contributed by atoms with Gasteiger partial charge in [0.1, 0.15) is 23.0 Å². The van der Waals surface area contributed by atoms with Crippen LogP contribution in [0.25, 0.3) is 0 Å². The largest absolute Gasteiger partial charge is 0.361 e. The number of carbonyl (C=O) groups excluding carboxylic acids is 1. The number of para-hydroxylation sites is 3. The highest BCUT2D eigenvalue weighted by molar-refractivity contribution is 5.96. The van der Waals surface area contributed by atoms with Crippen molar-refractivity contribution in [3.8, 4) is 0 Å². The summed E-state index contributed by atoms with van der Waals surface area (Å²) in [5.41, 5.74) is -0.587. The Bertz CT molecular complexity index is 732. The molecule has 0 bridgehead atoms. The maximum absolute atomic E-state index is 13.6. The summed E-state index contributed by atoms with van der Waals surface area (Å²) in [7, 11) is 1.35. The monoisotopic (exact) mass is 321 g/mol. The fourth-order valence-electron chi connectivity index (χ4n) is 2.08. The number of nitrogens with zero attached hydrogens (tertiary/aromatic N) is 2. The van der Waals surface area contributed by atoms with Gasteiger partial charge in [0.2, 0.25) is 5.91 Å². The van der Waals surface area contributed by atoms with Gasteiger partial charge in [-0.15, -0.1) is 0 Å². The van der Waals surface area contributed by atoms with E-state index in [0.717, 1.165) is 17.0 Å². The number of hydrogen-bond acceptors (Lipinski definition) is 4. The minimum Gasteiger partial charge on any atom is -0.361 e. The predicted octanol–water partition coefficient (Wildman–Crippen LogP) is 2.95. The van der Waals surface area contributed by atoms with Crippen molar-refractivity contribution >= 4 is 23.0 Å². The molecule has 0 heterocycles. The molecule has 0 saturated carbocycles. The first-order valence-electron chi connectivity index (χ1n) is 6.58. The number of amides is 1. The van der Waals surface area contributed by atoms with E-state index >= 15 is 0 Å². The summed E-state index contributed by atoms with van der Waals surface area (Å²) in [5.74, 6) is -2.23. The second kappa shape index (κ2) is 6.82. The molecule has 6 nitrogen and oxygen atoms in total. The number of rotatable bonds is 5. The van der Waals surface area contributed by atoms with Crippen LogP contribution in [0.5, 0.6) is 0 Å². The van der Waals surface area contributed by atoms with Crippen LogP contribution < -0.4 is 10.2 Å². The maximum atomic E-state index is 13.6. The van der Waals surface area contributed by atoms with Crippen molar-refractivity contribution in [2.45, 2.75) is 0 Å². The number of nitro benzene ring substituents is 1. The number of nitro groups is 1. The van der Waals surface area contributed by atoms with Crippen molar-refractivity contribution in [3.05, 3.63) is 64.2 Å². The van der Waals surface area contributed by atoms with Gasteiger partial charge in [0, 0.05) is 13.1 Å². The molecule has 0 aliphatic carbocycles. The van der Waals surface area contributed by atoms with Crippen molar-refractivity contribution in [1.29, 1.82) is 0 Å². The van der Waals surface area contributed by atoms with E-state index < -0.39 is 22.5 Å². The maximum Gasteiger partial charge on any atom is 0.292 e. The third-order valence-corrected chi connectivity index (χ3v) is 3.07. The predicted molar refractivity (Wildman–Crippen MR) is 81.4 cm³/mol. The Labute approximate surface area is 130 Å². The van der Waals surface area contributed by atoms with E-state index in [1.807, 2.05) is 0 Å². The number of anilines is 2. The zero-order valence-corrected chi connectivity index (χ0v) is 12.1. The van der Waals surface area contributed by atoms with Crippen LogP contribution in [0.15, 0.2) is 42.5 Å². The number of hydrogen-bond donors (Lipinski definition) is 1. The molecule has 120 valence electrons. The van der Waals surface area contributed by atoms with E-state index in [9.17, 15) is 23.7 Å². The molecule has 8 heteroatoms. The minimum atomic E-state index is -0.800. The van der Waals surface area contributed by atoms with Crippen LogP contribution in [0.1, 0.15) is 0 Å². The average molecular weight is 321 g/mol. The molecule has 0 radical (unpaired) electrons. The first-order chi connectivity index (χ1) is 10.9. The lowest BCUT2D eigenvalue weighted by molar-refractivity contribution is -0.383. The van der Waals surface area contributed by atoms with Crippen LogP contribution in [0.2, 0.25) is 0 Å². The third kappa shape index (κ3) is 3.79. The van der Waals surface area contributed by atoms with E-state index in [0.29, 0.717) is 0 Å². The summed E-state index contributed by atoms with van der Waals surface area (Å²) in [6.45, 7) is -0.371. The van der Waals surface area contributed by atoms with Gasteiger partial charge in [-0.2, -0.15) is 0 Å². The van der Waals surface area contributed by atoms with Gasteiger partial charge >= 0.3 is 0 Å². The SMILES string of the molecule is CN(CC(=O)Nc1ccccc1[N+](=O)[O-])c1c(F)cccc1F. The van der Waals surface area contributed by atoms with E-state index in [-0.39, 0.29) is 23.6 Å². The van der Waals surface area contributed by atoms with Crippen molar-refractivity contribution < 1.29 is 18.5 Å². The fraction of sp³-hybridized carbons (Fsp3) is 0.133. The van der Waals surface area contributed by atoms with Crippen molar-refractivity contribution in [1.82, 2.24) is 0 Å². The summed E-state index contributed by atoms with van der Waals surface area (Å²) >= 11 is 0. The third-order valence-electron chi connectivity index (χ3n) is 3.07. The summed E-state index contributed by atoms with van der Waals surface area (Å²) < 4.78 is 27.3. The van der Waals surface area contributed by atoms with Crippen LogP contribution in [-0.2, 0) is 4.79 Å². The standard InChI is InChI=1S/C15H13F2N3O3/c1-19(15-10(16)5-4-6-11(15)17)9-14(21)18-12-7-2-3-8-13(12)20(22)23/h2-8H,9H2,1H3,(H,18,21). The van der Waals surface area contributed by atoms with Gasteiger partial charge in [-0.25, -0.2) is 8.78 Å². The minimum absolute atomic E-state index is 0.0184. The Morgan fingerprint density at radius 3 is 2.39 bits per heavy atom. The van der Waals surface area contributed by atoms with E-state index in [1.165, 1.54) is 37.4 Å². The highest BCUT2D eigenvalue weighted by Gasteiger charge is 2.18. The number of benzene rings is 2. The van der Waals surface area contributed by atoms with Gasteiger partial charge in [-0.3, -0.25) is 14.9 Å². The second-order valence-corrected chi connectivity index (χ2v) is 4.75. The van der Waals surface area contributed by atoms with E-state index in [2.05, 4.69) is 5.32 Å². The molecule has 0 aliphatic rings. The summed E-state index contributed by atoms with van der Waals surface area (Å²) in [6, 6.07) is 8.99. The van der Waals surface area contributed by atoms with E-state index in [4.69, 9.17) is 0 Å². The zero-order valence-electron chi connectivity index (χ0n) is 12.1. The number of nitrogens with one attached hydrogen (secondary N) is 1. The van der Waals surface area contributed by atoms with Crippen LogP contribution in [-0.4, -0.2) is 24.4 Å². The van der Waals surface area contributed by atoms with Crippen molar-refractivity contribution in [2.24, 2.45) is 0 Å². The molecule has 2 aromatic rings. The Hall–Kier alpha value is -3.03. The summed E-state index contributed by atoms with van der Waals surface area (Å²) in [6.07, 6.45) is 0. The first kappa shape index (κ1) is 16.3. The lowest BCUT2D eigenvalue weighted by Gasteiger charge is -2.19. The van der Waals surface area contributed by atoms with E-state index in [1.54, 1.807) is 0 Å². The normalized spacial score (nSPS) is 10.2. The van der Waals surface area contributed by atoms with Gasteiger partial charge in [0.15, 0.2) is 0 Å². The molecule has 2 aromatic carbocycles. The molecule has 0 atom stereocenters. The Morgan fingerprint density at radius 1 is 1.17 bits per heavy atom. The molecule has 0 saturated heterocycles. The molecule has 1 amide bonds. The molecule has 0 aliphatic heterocycles. The van der Waals surface area contributed by atoms with Crippen LogP contribution in [0.4, 0.5) is 25.8 Å². The highest BCUT2D eigenvalue weighted by atomic mass is 19.1. The quantitative estimate of drug-likeness (QED) is 0.678. The average Bonchev–Trinajstić information content (AvgIpc) is 2.47. The molecule has 23 heavy (non-hydrogen) atoms. The first-order valence-corrected chi connectivity index (χ1v) is 6.58. The Morgan fingerprint density at radius 2 is 1.78 bits per heavy atom. The molecule has 1 N–H and O–H groups in total. The lowest BCUT2D eigenvalue weighted by Crippen LogP contribution is -2.31. The molecule has 2 rings (SSSR count). The fourth-order valence-corrected chi connectivity index (χ4v) is 2.08. The van der Waals surface area contributed by atoms with Gasteiger partial charge in [0.25, 0.3) is 5.69 Å². The summed E-state index contributed by atoms with van der Waals surface area (Å²) in [4.78, 5) is 23.3. The Balaban J connectivity index is 2.13. The number of likely N-dealkylation sites (N-methyl/N-ethyl adjacent to an activating group) is 1. The van der Waals surface area contributed by atoms with Gasteiger partial charge in [-0.05, 0) is 18.2 Å². The molecular weight excluding hydrogens is 308 g/mol. The van der Waals surface area contributed by atoms with Gasteiger partial charge in [0.05, 0.1) is 11.5 Å². The number of halogens is 2. The molecular formula is C15H13F2N3O3. The molecule has 0 aromatic heterocycles.